The van der Waals surface area contributed by atoms with Gasteiger partial charge in [-0.25, -0.2) is 4.39 Å². The van der Waals surface area contributed by atoms with Crippen molar-refractivity contribution in [3.63, 3.8) is 0 Å². The number of hydrogen-bond donors (Lipinski definition) is 1. The average Bonchev–Trinajstić information content (AvgIpc) is 2.50. The van der Waals surface area contributed by atoms with Gasteiger partial charge >= 0.3 is 0 Å². The maximum absolute atomic E-state index is 12.7. The van der Waals surface area contributed by atoms with E-state index in [2.05, 4.69) is 0 Å². The maximum atomic E-state index is 12.7. The van der Waals surface area contributed by atoms with Crippen LogP contribution in [0.4, 0.5) is 4.39 Å². The number of amides is 1. The Kier molecular flexibility index (Phi) is 9.78. The minimum Gasteiger partial charge on any atom is -0.494 e. The summed E-state index contributed by atoms with van der Waals surface area (Å²) >= 11 is 0. The molecule has 0 aliphatic carbocycles. The molecule has 0 saturated heterocycles. The molecule has 0 aliphatic rings. The van der Waals surface area contributed by atoms with Gasteiger partial charge < -0.3 is 15.4 Å². The molecule has 0 radical (unpaired) electrons. The lowest BCUT2D eigenvalue weighted by atomic mass is 9.99. The largest absolute Gasteiger partial charge is 0.494 e. The topological polar surface area (TPSA) is 55.6 Å². The number of nitrogens with zero attached hydrogens (tertiary/aromatic N) is 1. The summed E-state index contributed by atoms with van der Waals surface area (Å²) in [5, 5.41) is 0. The number of rotatable bonds is 8. The first-order valence-corrected chi connectivity index (χ1v) is 7.34. The van der Waals surface area contributed by atoms with Gasteiger partial charge in [0.25, 0.3) is 0 Å². The zero-order chi connectivity index (χ0) is 15.8. The molecule has 0 saturated carbocycles. The molecular formula is C16H26ClFN2O2. The number of carbonyl (C=O) groups excluding carboxylic acids is 1. The van der Waals surface area contributed by atoms with E-state index in [4.69, 9.17) is 10.5 Å². The first-order chi connectivity index (χ1) is 9.95. The Bertz CT molecular complexity index is 442. The van der Waals surface area contributed by atoms with Crippen LogP contribution < -0.4 is 10.5 Å². The molecule has 0 aromatic heterocycles. The summed E-state index contributed by atoms with van der Waals surface area (Å²) in [5.74, 6) is 0.481. The molecule has 0 aliphatic heterocycles. The monoisotopic (exact) mass is 332 g/mol. The molecular weight excluding hydrogens is 307 g/mol. The number of hydrogen-bond acceptors (Lipinski definition) is 3. The Hall–Kier alpha value is -1.33. The van der Waals surface area contributed by atoms with Crippen molar-refractivity contribution in [2.45, 2.75) is 32.7 Å². The molecule has 1 aromatic rings. The van der Waals surface area contributed by atoms with E-state index in [0.29, 0.717) is 25.3 Å². The van der Waals surface area contributed by atoms with E-state index in [1.807, 2.05) is 13.8 Å². The van der Waals surface area contributed by atoms with Crippen LogP contribution in [0.25, 0.3) is 0 Å². The van der Waals surface area contributed by atoms with Crippen molar-refractivity contribution in [1.29, 1.82) is 0 Å². The molecule has 6 heteroatoms. The van der Waals surface area contributed by atoms with Crippen LogP contribution in [-0.4, -0.2) is 37.0 Å². The second kappa shape index (κ2) is 10.4. The van der Waals surface area contributed by atoms with E-state index in [9.17, 15) is 9.18 Å². The van der Waals surface area contributed by atoms with Crippen LogP contribution in [0.3, 0.4) is 0 Å². The molecule has 2 atom stereocenters. The molecule has 0 heterocycles. The number of benzene rings is 1. The Morgan fingerprint density at radius 1 is 1.36 bits per heavy atom. The molecule has 1 aromatic carbocycles. The highest BCUT2D eigenvalue weighted by Crippen LogP contribution is 2.11. The molecule has 126 valence electrons. The summed E-state index contributed by atoms with van der Waals surface area (Å²) in [7, 11) is 1.75. The minimum absolute atomic E-state index is 0. The number of nitrogens with two attached hydrogens (primary N) is 1. The van der Waals surface area contributed by atoms with E-state index < -0.39 is 6.04 Å². The lowest BCUT2D eigenvalue weighted by Crippen LogP contribution is -2.45. The summed E-state index contributed by atoms with van der Waals surface area (Å²) in [4.78, 5) is 13.7. The van der Waals surface area contributed by atoms with E-state index in [-0.39, 0.29) is 30.0 Å². The van der Waals surface area contributed by atoms with Gasteiger partial charge in [-0.3, -0.25) is 4.79 Å². The number of halogens is 2. The normalized spacial score (nSPS) is 13.0. The summed E-state index contributed by atoms with van der Waals surface area (Å²) in [6.07, 6.45) is 1.58. The van der Waals surface area contributed by atoms with Crippen molar-refractivity contribution in [1.82, 2.24) is 4.90 Å². The zero-order valence-corrected chi connectivity index (χ0v) is 14.2. The first-order valence-electron chi connectivity index (χ1n) is 7.34. The fourth-order valence-electron chi connectivity index (χ4n) is 1.88. The van der Waals surface area contributed by atoms with Crippen molar-refractivity contribution in [2.24, 2.45) is 11.7 Å². The van der Waals surface area contributed by atoms with Crippen molar-refractivity contribution in [2.75, 3.05) is 20.2 Å². The van der Waals surface area contributed by atoms with Gasteiger partial charge in [-0.15, -0.1) is 12.4 Å². The fraction of sp³-hybridized carbons (Fsp3) is 0.562. The highest BCUT2D eigenvalue weighted by Gasteiger charge is 2.22. The van der Waals surface area contributed by atoms with Gasteiger partial charge in [0.05, 0.1) is 12.6 Å². The van der Waals surface area contributed by atoms with Crippen molar-refractivity contribution in [3.05, 3.63) is 30.1 Å². The minimum atomic E-state index is -0.446. The Balaban J connectivity index is 0.00000441. The van der Waals surface area contributed by atoms with E-state index in [0.717, 1.165) is 6.42 Å². The number of ether oxygens (including phenoxy) is 1. The van der Waals surface area contributed by atoms with Crippen molar-refractivity contribution in [3.8, 4) is 5.75 Å². The number of likely N-dealkylation sites (N-methyl/N-ethyl adjacent to an activating group) is 1. The van der Waals surface area contributed by atoms with Gasteiger partial charge in [-0.1, -0.05) is 20.3 Å². The fourth-order valence-corrected chi connectivity index (χ4v) is 1.88. The lowest BCUT2D eigenvalue weighted by Gasteiger charge is -2.24. The van der Waals surface area contributed by atoms with Gasteiger partial charge in [-0.05, 0) is 36.6 Å². The van der Waals surface area contributed by atoms with E-state index >= 15 is 0 Å². The highest BCUT2D eigenvalue weighted by atomic mass is 35.5. The number of carbonyl (C=O) groups is 1. The Labute approximate surface area is 138 Å². The van der Waals surface area contributed by atoms with E-state index in [1.54, 1.807) is 24.1 Å². The molecule has 1 rings (SSSR count). The van der Waals surface area contributed by atoms with Crippen LogP contribution in [0.5, 0.6) is 5.75 Å². The first kappa shape index (κ1) is 20.7. The quantitative estimate of drug-likeness (QED) is 0.745. The second-order valence-corrected chi connectivity index (χ2v) is 5.33. The van der Waals surface area contributed by atoms with Crippen LogP contribution in [0, 0.1) is 11.7 Å². The van der Waals surface area contributed by atoms with Gasteiger partial charge in [0.2, 0.25) is 5.91 Å². The van der Waals surface area contributed by atoms with Crippen LogP contribution in [-0.2, 0) is 4.79 Å². The second-order valence-electron chi connectivity index (χ2n) is 5.33. The van der Waals surface area contributed by atoms with Crippen molar-refractivity contribution >= 4 is 18.3 Å². The van der Waals surface area contributed by atoms with Crippen LogP contribution >= 0.6 is 12.4 Å². The smallest absolute Gasteiger partial charge is 0.239 e. The Morgan fingerprint density at radius 2 is 1.95 bits per heavy atom. The van der Waals surface area contributed by atoms with E-state index in [1.165, 1.54) is 12.1 Å². The Morgan fingerprint density at radius 3 is 2.50 bits per heavy atom. The maximum Gasteiger partial charge on any atom is 0.239 e. The van der Waals surface area contributed by atoms with Gasteiger partial charge in [0.15, 0.2) is 0 Å². The summed E-state index contributed by atoms with van der Waals surface area (Å²) in [6, 6.07) is 5.44. The SMILES string of the molecule is CCC(C)C(N)C(=O)N(C)CCCOc1ccc(F)cc1.Cl. The highest BCUT2D eigenvalue weighted by molar-refractivity contribution is 5.85. The van der Waals surface area contributed by atoms with Crippen LogP contribution in [0.1, 0.15) is 26.7 Å². The third-order valence-electron chi connectivity index (χ3n) is 3.64. The molecule has 0 fully saturated rings. The third kappa shape index (κ3) is 6.62. The zero-order valence-electron chi connectivity index (χ0n) is 13.4. The lowest BCUT2D eigenvalue weighted by molar-refractivity contribution is -0.132. The van der Waals surface area contributed by atoms with Crippen molar-refractivity contribution < 1.29 is 13.9 Å². The van der Waals surface area contributed by atoms with Gasteiger partial charge in [-0.2, -0.15) is 0 Å². The molecule has 1 amide bonds. The van der Waals surface area contributed by atoms with Gasteiger partial charge in [0.1, 0.15) is 11.6 Å². The molecule has 0 bridgehead atoms. The standard InChI is InChI=1S/C16H25FN2O2.ClH/c1-4-12(2)15(18)16(20)19(3)10-5-11-21-14-8-6-13(17)7-9-14;/h6-9,12,15H,4-5,10-11,18H2,1-3H3;1H. The molecule has 2 N–H and O–H groups in total. The summed E-state index contributed by atoms with van der Waals surface area (Å²) in [6.45, 7) is 5.06. The van der Waals surface area contributed by atoms with Crippen LogP contribution in [0.2, 0.25) is 0 Å². The molecule has 4 nitrogen and oxygen atoms in total. The van der Waals surface area contributed by atoms with Crippen LogP contribution in [0.15, 0.2) is 24.3 Å². The average molecular weight is 333 g/mol. The summed E-state index contributed by atoms with van der Waals surface area (Å²) < 4.78 is 18.2. The molecule has 22 heavy (non-hydrogen) atoms. The predicted molar refractivity (Wildman–Crippen MR) is 88.8 cm³/mol. The molecule has 0 spiro atoms. The third-order valence-corrected chi connectivity index (χ3v) is 3.64. The molecule has 2 unspecified atom stereocenters. The summed E-state index contributed by atoms with van der Waals surface area (Å²) in [5.41, 5.74) is 5.92. The van der Waals surface area contributed by atoms with Gasteiger partial charge in [0, 0.05) is 13.6 Å². The predicted octanol–water partition coefficient (Wildman–Crippen LogP) is 2.85.